The topological polar surface area (TPSA) is 0 Å². The number of hydrogen-bond acceptors (Lipinski definition) is 0. The summed E-state index contributed by atoms with van der Waals surface area (Å²) in [6.07, 6.45) is 7.75. The van der Waals surface area contributed by atoms with Crippen LogP contribution in [-0.2, 0) is 0 Å². The van der Waals surface area contributed by atoms with Crippen molar-refractivity contribution < 1.29 is 0 Å². The Kier molecular flexibility index (Phi) is 1.76. The maximum absolute atomic E-state index is 2.52. The van der Waals surface area contributed by atoms with E-state index in [1.807, 2.05) is 0 Å². The molecule has 6 atom stereocenters. The molecular formula is C13H22. The molecule has 3 saturated carbocycles. The average molecular weight is 178 g/mol. The van der Waals surface area contributed by atoms with E-state index >= 15 is 0 Å². The minimum atomic E-state index is 1.05. The third-order valence-electron chi connectivity index (χ3n) is 5.46. The molecule has 3 fully saturated rings. The van der Waals surface area contributed by atoms with Gasteiger partial charge in [-0.3, -0.25) is 0 Å². The summed E-state index contributed by atoms with van der Waals surface area (Å²) in [7, 11) is 0. The van der Waals surface area contributed by atoms with E-state index in [2.05, 4.69) is 13.8 Å². The molecule has 0 N–H and O–H groups in total. The molecule has 0 heteroatoms. The lowest BCUT2D eigenvalue weighted by Crippen LogP contribution is -2.45. The molecule has 74 valence electrons. The Morgan fingerprint density at radius 2 is 1.69 bits per heavy atom. The van der Waals surface area contributed by atoms with Crippen LogP contribution in [0.1, 0.15) is 46.0 Å². The van der Waals surface area contributed by atoms with Gasteiger partial charge in [-0.25, -0.2) is 0 Å². The predicted molar refractivity (Wildman–Crippen MR) is 55.4 cm³/mol. The fourth-order valence-electron chi connectivity index (χ4n) is 5.03. The standard InChI is InChI=1S/C13H22/c1-8-7-10-5-3-4-6-11-9(2)12(8)13(10)11/h8-13H,3-7H2,1-2H3. The molecule has 3 aliphatic rings. The largest absolute Gasteiger partial charge is 0.0622 e. The van der Waals surface area contributed by atoms with Crippen LogP contribution in [0.4, 0.5) is 0 Å². The molecule has 3 aliphatic carbocycles. The molecule has 0 aliphatic heterocycles. The highest BCUT2D eigenvalue weighted by molar-refractivity contribution is 5.05. The van der Waals surface area contributed by atoms with Crippen LogP contribution in [0, 0.1) is 35.5 Å². The summed E-state index contributed by atoms with van der Waals surface area (Å²) in [5.74, 6) is 6.72. The third-order valence-corrected chi connectivity index (χ3v) is 5.46. The maximum Gasteiger partial charge on any atom is -0.0321 e. The smallest absolute Gasteiger partial charge is 0.0321 e. The van der Waals surface area contributed by atoms with Crippen molar-refractivity contribution in [1.82, 2.24) is 0 Å². The van der Waals surface area contributed by atoms with Crippen molar-refractivity contribution in [3.63, 3.8) is 0 Å². The number of rotatable bonds is 0. The summed E-state index contributed by atoms with van der Waals surface area (Å²) >= 11 is 0. The molecule has 0 amide bonds. The first-order valence-corrected chi connectivity index (χ1v) is 6.29. The Balaban J connectivity index is 1.86. The molecule has 0 aromatic heterocycles. The Morgan fingerprint density at radius 1 is 0.923 bits per heavy atom. The van der Waals surface area contributed by atoms with E-state index in [-0.39, 0.29) is 0 Å². The van der Waals surface area contributed by atoms with Gasteiger partial charge >= 0.3 is 0 Å². The monoisotopic (exact) mass is 178 g/mol. The second kappa shape index (κ2) is 2.74. The van der Waals surface area contributed by atoms with E-state index in [1.54, 1.807) is 19.3 Å². The van der Waals surface area contributed by atoms with Crippen molar-refractivity contribution in [2.75, 3.05) is 0 Å². The van der Waals surface area contributed by atoms with Gasteiger partial charge in [0.25, 0.3) is 0 Å². The quantitative estimate of drug-likeness (QED) is 0.530. The second-order valence-corrected chi connectivity index (χ2v) is 5.94. The van der Waals surface area contributed by atoms with Crippen LogP contribution < -0.4 is 0 Å². The van der Waals surface area contributed by atoms with Gasteiger partial charge in [0.15, 0.2) is 0 Å². The van der Waals surface area contributed by atoms with Crippen LogP contribution in [0.3, 0.4) is 0 Å². The van der Waals surface area contributed by atoms with Crippen molar-refractivity contribution in [2.45, 2.75) is 46.0 Å². The van der Waals surface area contributed by atoms with Crippen molar-refractivity contribution in [2.24, 2.45) is 35.5 Å². The van der Waals surface area contributed by atoms with Gasteiger partial charge in [-0.1, -0.05) is 33.1 Å². The van der Waals surface area contributed by atoms with Crippen molar-refractivity contribution in [3.05, 3.63) is 0 Å². The molecule has 0 aromatic rings. The highest BCUT2D eigenvalue weighted by Crippen LogP contribution is 2.63. The third kappa shape index (κ3) is 0.980. The van der Waals surface area contributed by atoms with E-state index < -0.39 is 0 Å². The van der Waals surface area contributed by atoms with Crippen molar-refractivity contribution >= 4 is 0 Å². The molecule has 0 nitrogen and oxygen atoms in total. The minimum Gasteiger partial charge on any atom is -0.0622 e. The van der Waals surface area contributed by atoms with Crippen molar-refractivity contribution in [1.29, 1.82) is 0 Å². The Hall–Kier alpha value is 0. The summed E-state index contributed by atoms with van der Waals surface area (Å²) in [5, 5.41) is 0. The highest BCUT2D eigenvalue weighted by atomic mass is 14.6. The first-order chi connectivity index (χ1) is 6.29. The normalized spacial score (nSPS) is 59.5. The molecule has 0 heterocycles. The van der Waals surface area contributed by atoms with Crippen LogP contribution in [0.5, 0.6) is 0 Å². The van der Waals surface area contributed by atoms with Crippen LogP contribution in [0.15, 0.2) is 0 Å². The molecular weight excluding hydrogens is 156 g/mol. The first kappa shape index (κ1) is 8.32. The van der Waals surface area contributed by atoms with Crippen LogP contribution in [-0.4, -0.2) is 0 Å². The molecule has 3 rings (SSSR count). The fourth-order valence-corrected chi connectivity index (χ4v) is 5.03. The van der Waals surface area contributed by atoms with Crippen LogP contribution in [0.25, 0.3) is 0 Å². The van der Waals surface area contributed by atoms with Gasteiger partial charge in [-0.15, -0.1) is 0 Å². The van der Waals surface area contributed by atoms with Gasteiger partial charge in [0.1, 0.15) is 0 Å². The molecule has 13 heavy (non-hydrogen) atoms. The summed E-state index contributed by atoms with van der Waals surface area (Å²) in [6.45, 7) is 5.03. The molecule has 6 unspecified atom stereocenters. The summed E-state index contributed by atoms with van der Waals surface area (Å²) in [4.78, 5) is 0. The Bertz CT molecular complexity index is 204. The highest BCUT2D eigenvalue weighted by Gasteiger charge is 2.57. The van der Waals surface area contributed by atoms with Gasteiger partial charge in [-0.2, -0.15) is 0 Å². The molecule has 0 radical (unpaired) electrons. The summed E-state index contributed by atoms with van der Waals surface area (Å²) < 4.78 is 0. The zero-order chi connectivity index (χ0) is 9.00. The molecule has 0 aromatic carbocycles. The molecule has 0 saturated heterocycles. The SMILES string of the molecule is CC1CC2CCCCC3C(C)C1C23. The second-order valence-electron chi connectivity index (χ2n) is 5.94. The van der Waals surface area contributed by atoms with E-state index in [0.29, 0.717) is 0 Å². The van der Waals surface area contributed by atoms with E-state index in [9.17, 15) is 0 Å². The Labute approximate surface area is 82.1 Å². The zero-order valence-corrected chi connectivity index (χ0v) is 9.00. The van der Waals surface area contributed by atoms with E-state index in [0.717, 1.165) is 29.6 Å². The first-order valence-electron chi connectivity index (χ1n) is 6.29. The predicted octanol–water partition coefficient (Wildman–Crippen LogP) is 3.71. The Morgan fingerprint density at radius 3 is 2.54 bits per heavy atom. The van der Waals surface area contributed by atoms with Gasteiger partial charge in [0, 0.05) is 0 Å². The zero-order valence-electron chi connectivity index (χ0n) is 9.00. The maximum atomic E-state index is 2.52. The van der Waals surface area contributed by atoms with Gasteiger partial charge < -0.3 is 0 Å². The summed E-state index contributed by atoms with van der Waals surface area (Å²) in [6, 6.07) is 0. The lowest BCUT2D eigenvalue weighted by molar-refractivity contribution is -0.0245. The van der Waals surface area contributed by atoms with Crippen molar-refractivity contribution in [3.8, 4) is 0 Å². The molecule has 0 spiro atoms. The number of hydrogen-bond donors (Lipinski definition) is 0. The lowest BCUT2D eigenvalue weighted by Gasteiger charge is -2.50. The summed E-state index contributed by atoms with van der Waals surface area (Å²) in [5.41, 5.74) is 0. The van der Waals surface area contributed by atoms with Gasteiger partial charge in [0.2, 0.25) is 0 Å². The molecule has 0 bridgehead atoms. The van der Waals surface area contributed by atoms with E-state index in [1.165, 1.54) is 18.8 Å². The lowest BCUT2D eigenvalue weighted by atomic mass is 9.55. The van der Waals surface area contributed by atoms with E-state index in [4.69, 9.17) is 0 Å². The minimum absolute atomic E-state index is 1.05. The fraction of sp³-hybridized carbons (Fsp3) is 1.00. The van der Waals surface area contributed by atoms with Crippen LogP contribution in [0.2, 0.25) is 0 Å². The van der Waals surface area contributed by atoms with Gasteiger partial charge in [-0.05, 0) is 48.3 Å². The van der Waals surface area contributed by atoms with Gasteiger partial charge in [0.05, 0.1) is 0 Å². The average Bonchev–Trinajstić information content (AvgIpc) is 2.26. The van der Waals surface area contributed by atoms with Crippen LogP contribution >= 0.6 is 0 Å².